The maximum absolute atomic E-state index is 12.8. The Labute approximate surface area is 126 Å². The van der Waals surface area contributed by atoms with Crippen molar-refractivity contribution in [2.75, 3.05) is 6.54 Å². The minimum atomic E-state index is -3.53. The van der Waals surface area contributed by atoms with Crippen molar-refractivity contribution in [1.82, 2.24) is 19.1 Å². The van der Waals surface area contributed by atoms with Crippen molar-refractivity contribution in [2.45, 2.75) is 30.8 Å². The quantitative estimate of drug-likeness (QED) is 0.800. The molecule has 1 aliphatic heterocycles. The van der Waals surface area contributed by atoms with E-state index < -0.39 is 10.0 Å². The fourth-order valence-corrected chi connectivity index (χ4v) is 5.70. The Morgan fingerprint density at radius 1 is 1.45 bits per heavy atom. The van der Waals surface area contributed by atoms with Gasteiger partial charge in [-0.25, -0.2) is 8.42 Å². The first-order valence-corrected chi connectivity index (χ1v) is 8.89. The lowest BCUT2D eigenvalue weighted by Gasteiger charge is -2.26. The molecule has 0 radical (unpaired) electrons. The molecule has 0 aliphatic carbocycles. The number of hydrogen-bond acceptors (Lipinski definition) is 5. The number of aryl methyl sites for hydroxylation is 1. The van der Waals surface area contributed by atoms with Crippen molar-refractivity contribution in [2.24, 2.45) is 0 Å². The lowest BCUT2D eigenvalue weighted by Crippen LogP contribution is -2.38. The van der Waals surface area contributed by atoms with Gasteiger partial charge in [0.15, 0.2) is 0 Å². The normalized spacial score (nSPS) is 16.3. The van der Waals surface area contributed by atoms with E-state index in [9.17, 15) is 8.42 Å². The van der Waals surface area contributed by atoms with Gasteiger partial charge in [0.2, 0.25) is 10.0 Å². The second kappa shape index (κ2) is 5.10. The Bertz CT molecular complexity index is 737. The lowest BCUT2D eigenvalue weighted by atomic mass is 10.3. The predicted octanol–water partition coefficient (Wildman–Crippen LogP) is 1.59. The Kier molecular flexibility index (Phi) is 3.57. The number of hydrogen-bond donors (Lipinski definition) is 0. The number of thiophene rings is 1. The van der Waals surface area contributed by atoms with E-state index in [1.54, 1.807) is 13.3 Å². The average Bonchev–Trinajstić information content (AvgIpc) is 3.03. The number of sulfonamides is 1. The number of nitrogens with zero attached hydrogens (tertiary/aromatic N) is 4. The molecule has 2 aromatic rings. The summed E-state index contributed by atoms with van der Waals surface area (Å²) >= 11 is 7.24. The van der Waals surface area contributed by atoms with E-state index >= 15 is 0 Å². The molecule has 0 fully saturated rings. The number of alkyl halides is 1. The standard InChI is InChI=1S/C11H13ClN4O2S2/c1-8-6-19-9(4-12)11(8)20(17,18)16-3-2-15-7-13-14-10(15)5-16/h6-7H,2-5H2,1H3. The van der Waals surface area contributed by atoms with Crippen LogP contribution >= 0.6 is 22.9 Å². The van der Waals surface area contributed by atoms with Crippen LogP contribution in [0.4, 0.5) is 0 Å². The average molecular weight is 333 g/mol. The molecular weight excluding hydrogens is 320 g/mol. The molecule has 0 aromatic carbocycles. The zero-order valence-corrected chi connectivity index (χ0v) is 13.2. The molecule has 108 valence electrons. The summed E-state index contributed by atoms with van der Waals surface area (Å²) in [4.78, 5) is 1.04. The summed E-state index contributed by atoms with van der Waals surface area (Å²) in [5.74, 6) is 0.872. The largest absolute Gasteiger partial charge is 0.315 e. The Morgan fingerprint density at radius 3 is 3.00 bits per heavy atom. The van der Waals surface area contributed by atoms with E-state index in [4.69, 9.17) is 11.6 Å². The van der Waals surface area contributed by atoms with Crippen LogP contribution in [0, 0.1) is 6.92 Å². The van der Waals surface area contributed by atoms with E-state index in [-0.39, 0.29) is 12.4 Å². The maximum Gasteiger partial charge on any atom is 0.244 e. The molecule has 3 heterocycles. The zero-order valence-electron chi connectivity index (χ0n) is 10.8. The topological polar surface area (TPSA) is 68.1 Å². The minimum Gasteiger partial charge on any atom is -0.315 e. The summed E-state index contributed by atoms with van der Waals surface area (Å²) in [6, 6.07) is 0. The molecule has 0 amide bonds. The number of aromatic nitrogens is 3. The van der Waals surface area contributed by atoms with Gasteiger partial charge in [-0.1, -0.05) is 0 Å². The smallest absolute Gasteiger partial charge is 0.244 e. The molecule has 0 saturated heterocycles. The summed E-state index contributed by atoms with van der Waals surface area (Å²) in [7, 11) is -3.53. The first-order chi connectivity index (χ1) is 9.54. The van der Waals surface area contributed by atoms with Gasteiger partial charge in [-0.05, 0) is 17.9 Å². The van der Waals surface area contributed by atoms with Crippen LogP contribution in [0.15, 0.2) is 16.6 Å². The molecule has 1 aliphatic rings. The Hall–Kier alpha value is -0.960. The van der Waals surface area contributed by atoms with Gasteiger partial charge >= 0.3 is 0 Å². The summed E-state index contributed by atoms with van der Waals surface area (Å²) in [6.07, 6.45) is 1.62. The summed E-state index contributed by atoms with van der Waals surface area (Å²) in [5, 5.41) is 9.59. The lowest BCUT2D eigenvalue weighted by molar-refractivity contribution is 0.335. The van der Waals surface area contributed by atoms with Crippen molar-refractivity contribution >= 4 is 33.0 Å². The molecule has 9 heteroatoms. The molecular formula is C11H13ClN4O2S2. The van der Waals surface area contributed by atoms with Crippen molar-refractivity contribution < 1.29 is 8.42 Å². The van der Waals surface area contributed by atoms with Crippen LogP contribution in [-0.2, 0) is 29.0 Å². The predicted molar refractivity (Wildman–Crippen MR) is 76.2 cm³/mol. The highest BCUT2D eigenvalue weighted by Crippen LogP contribution is 2.31. The number of rotatable bonds is 3. The molecule has 0 N–H and O–H groups in total. The molecule has 0 bridgehead atoms. The van der Waals surface area contributed by atoms with E-state index in [1.807, 2.05) is 9.95 Å². The summed E-state index contributed by atoms with van der Waals surface area (Å²) in [5.41, 5.74) is 0.748. The monoisotopic (exact) mass is 332 g/mol. The third-order valence-electron chi connectivity index (χ3n) is 3.31. The van der Waals surface area contributed by atoms with E-state index in [0.29, 0.717) is 28.7 Å². The van der Waals surface area contributed by atoms with Crippen molar-refractivity contribution in [3.8, 4) is 0 Å². The zero-order chi connectivity index (χ0) is 14.3. The fraction of sp³-hybridized carbons (Fsp3) is 0.455. The second-order valence-electron chi connectivity index (χ2n) is 4.58. The van der Waals surface area contributed by atoms with E-state index in [2.05, 4.69) is 10.2 Å². The first kappa shape index (κ1) is 14.0. The maximum atomic E-state index is 12.8. The van der Waals surface area contributed by atoms with Crippen LogP contribution in [0.5, 0.6) is 0 Å². The highest BCUT2D eigenvalue weighted by atomic mass is 35.5. The number of halogens is 1. The third kappa shape index (κ3) is 2.16. The van der Waals surface area contributed by atoms with Crippen molar-refractivity contribution in [3.63, 3.8) is 0 Å². The molecule has 0 atom stereocenters. The highest BCUT2D eigenvalue weighted by Gasteiger charge is 2.32. The fourth-order valence-electron chi connectivity index (χ4n) is 2.30. The highest BCUT2D eigenvalue weighted by molar-refractivity contribution is 7.89. The van der Waals surface area contributed by atoms with Gasteiger partial charge in [0.05, 0.1) is 12.4 Å². The van der Waals surface area contributed by atoms with Gasteiger partial charge in [-0.2, -0.15) is 4.31 Å². The van der Waals surface area contributed by atoms with Gasteiger partial charge in [0.25, 0.3) is 0 Å². The van der Waals surface area contributed by atoms with Crippen LogP contribution in [0.3, 0.4) is 0 Å². The van der Waals surface area contributed by atoms with Gasteiger partial charge < -0.3 is 4.57 Å². The Balaban J connectivity index is 1.99. The molecule has 6 nitrogen and oxygen atoms in total. The van der Waals surface area contributed by atoms with Gasteiger partial charge in [-0.15, -0.1) is 33.1 Å². The van der Waals surface area contributed by atoms with Crippen LogP contribution in [0.25, 0.3) is 0 Å². The van der Waals surface area contributed by atoms with Crippen LogP contribution < -0.4 is 0 Å². The van der Waals surface area contributed by atoms with E-state index in [0.717, 1.165) is 5.56 Å². The second-order valence-corrected chi connectivity index (χ2v) is 7.69. The summed E-state index contributed by atoms with van der Waals surface area (Å²) in [6.45, 7) is 3.04. The molecule has 0 unspecified atom stereocenters. The van der Waals surface area contributed by atoms with Gasteiger partial charge in [-0.3, -0.25) is 0 Å². The number of fused-ring (bicyclic) bond motifs is 1. The molecule has 20 heavy (non-hydrogen) atoms. The van der Waals surface area contributed by atoms with Crippen LogP contribution in [0.2, 0.25) is 0 Å². The SMILES string of the molecule is Cc1csc(CCl)c1S(=O)(=O)N1CCn2cnnc2C1. The molecule has 2 aromatic heterocycles. The van der Waals surface area contributed by atoms with Crippen molar-refractivity contribution in [3.05, 3.63) is 28.0 Å². The van der Waals surface area contributed by atoms with Crippen LogP contribution in [0.1, 0.15) is 16.3 Å². The summed E-state index contributed by atoms with van der Waals surface area (Å²) < 4.78 is 28.9. The Morgan fingerprint density at radius 2 is 2.25 bits per heavy atom. The van der Waals surface area contributed by atoms with Gasteiger partial charge in [0, 0.05) is 18.0 Å². The van der Waals surface area contributed by atoms with Crippen molar-refractivity contribution in [1.29, 1.82) is 0 Å². The van der Waals surface area contributed by atoms with Gasteiger partial charge in [0.1, 0.15) is 17.0 Å². The molecule has 0 spiro atoms. The molecule has 3 rings (SSSR count). The molecule has 0 saturated carbocycles. The third-order valence-corrected chi connectivity index (χ3v) is 7.05. The van der Waals surface area contributed by atoms with Crippen LogP contribution in [-0.4, -0.2) is 34.0 Å². The van der Waals surface area contributed by atoms with E-state index in [1.165, 1.54) is 15.6 Å². The minimum absolute atomic E-state index is 0.205. The first-order valence-electron chi connectivity index (χ1n) is 6.04.